The van der Waals surface area contributed by atoms with Crippen LogP contribution in [0.25, 0.3) is 0 Å². The molecule has 0 aliphatic heterocycles. The van der Waals surface area contributed by atoms with E-state index in [9.17, 15) is 4.79 Å². The molecule has 108 valence electrons. The fourth-order valence-corrected chi connectivity index (χ4v) is 2.38. The van der Waals surface area contributed by atoms with Crippen molar-refractivity contribution in [1.82, 2.24) is 5.32 Å². The van der Waals surface area contributed by atoms with Crippen LogP contribution in [0.1, 0.15) is 9.75 Å². The summed E-state index contributed by atoms with van der Waals surface area (Å²) in [7, 11) is 1.57. The normalized spacial score (nSPS) is 9.71. The molecule has 1 aromatic carbocycles. The monoisotopic (exact) mass is 301 g/mol. The molecule has 1 heterocycles. The number of hydrogen-bond donors (Lipinski definition) is 2. The number of nitrogens with one attached hydrogen (secondary N) is 2. The summed E-state index contributed by atoms with van der Waals surface area (Å²) in [6.45, 7) is 0.641. The molecule has 21 heavy (non-hydrogen) atoms. The lowest BCUT2D eigenvalue weighted by Crippen LogP contribution is -2.24. The van der Waals surface area contributed by atoms with Crippen molar-refractivity contribution in [2.45, 2.75) is 6.54 Å². The number of nitrogens with zero attached hydrogens (tertiary/aromatic N) is 1. The summed E-state index contributed by atoms with van der Waals surface area (Å²) in [5.41, 5.74) is 0.899. The van der Waals surface area contributed by atoms with Crippen molar-refractivity contribution in [3.63, 3.8) is 0 Å². The van der Waals surface area contributed by atoms with E-state index in [-0.39, 0.29) is 12.5 Å². The summed E-state index contributed by atoms with van der Waals surface area (Å²) in [5.74, 6) is 0.462. The fourth-order valence-electron chi connectivity index (χ4n) is 1.64. The van der Waals surface area contributed by atoms with Crippen molar-refractivity contribution in [3.8, 4) is 11.8 Å². The third-order valence-corrected chi connectivity index (χ3v) is 3.71. The number of rotatable bonds is 6. The molecule has 2 rings (SSSR count). The zero-order valence-corrected chi connectivity index (χ0v) is 12.4. The van der Waals surface area contributed by atoms with Gasteiger partial charge in [-0.3, -0.25) is 4.79 Å². The van der Waals surface area contributed by atoms with Crippen LogP contribution in [0, 0.1) is 11.3 Å². The van der Waals surface area contributed by atoms with Gasteiger partial charge in [0, 0.05) is 30.2 Å². The van der Waals surface area contributed by atoms with Crippen LogP contribution < -0.4 is 15.4 Å². The second-order valence-corrected chi connectivity index (χ2v) is 5.39. The maximum Gasteiger partial charge on any atom is 0.257 e. The summed E-state index contributed by atoms with van der Waals surface area (Å²) < 4.78 is 5.38. The van der Waals surface area contributed by atoms with Crippen LogP contribution in [-0.2, 0) is 11.3 Å². The first kappa shape index (κ1) is 14.9. The molecule has 1 amide bonds. The number of amides is 1. The summed E-state index contributed by atoms with van der Waals surface area (Å²) in [4.78, 5) is 12.9. The Hall–Kier alpha value is -2.52. The Balaban J connectivity index is 1.91. The molecule has 2 aromatic rings. The summed E-state index contributed by atoms with van der Waals surface area (Å²) in [5, 5.41) is 14.5. The van der Waals surface area contributed by atoms with Crippen LogP contribution in [0.15, 0.2) is 36.4 Å². The lowest BCUT2D eigenvalue weighted by molar-refractivity contribution is -0.122. The van der Waals surface area contributed by atoms with Crippen molar-refractivity contribution >= 4 is 22.9 Å². The predicted molar refractivity (Wildman–Crippen MR) is 82.4 cm³/mol. The standard InChI is InChI=1S/C15H15N3O2S/c1-17-15(19)10-20-12-4-2-3-11(7-12)18-9-14-6-5-13(8-16)21-14/h2-7,18H,9-10H2,1H3,(H,17,19). The van der Waals surface area contributed by atoms with E-state index in [0.717, 1.165) is 10.6 Å². The molecule has 0 aliphatic rings. The van der Waals surface area contributed by atoms with Gasteiger partial charge < -0.3 is 15.4 Å². The molecule has 0 saturated heterocycles. The second kappa shape index (κ2) is 7.31. The van der Waals surface area contributed by atoms with E-state index in [1.54, 1.807) is 13.1 Å². The highest BCUT2D eigenvalue weighted by Crippen LogP contribution is 2.20. The van der Waals surface area contributed by atoms with Crippen molar-refractivity contribution in [1.29, 1.82) is 5.26 Å². The van der Waals surface area contributed by atoms with E-state index in [1.165, 1.54) is 11.3 Å². The highest BCUT2D eigenvalue weighted by atomic mass is 32.1. The first-order chi connectivity index (χ1) is 10.2. The van der Waals surface area contributed by atoms with Gasteiger partial charge in [-0.25, -0.2) is 0 Å². The third-order valence-electron chi connectivity index (χ3n) is 2.72. The van der Waals surface area contributed by atoms with E-state index < -0.39 is 0 Å². The van der Waals surface area contributed by atoms with Crippen LogP contribution in [0.3, 0.4) is 0 Å². The predicted octanol–water partition coefficient (Wildman–Crippen LogP) is 2.36. The van der Waals surface area contributed by atoms with E-state index in [2.05, 4.69) is 16.7 Å². The molecule has 2 N–H and O–H groups in total. The highest BCUT2D eigenvalue weighted by molar-refractivity contribution is 7.12. The zero-order valence-electron chi connectivity index (χ0n) is 11.6. The minimum atomic E-state index is -0.170. The number of hydrogen-bond acceptors (Lipinski definition) is 5. The molecule has 0 atom stereocenters. The van der Waals surface area contributed by atoms with Gasteiger partial charge >= 0.3 is 0 Å². The van der Waals surface area contributed by atoms with E-state index in [0.29, 0.717) is 17.2 Å². The Morgan fingerprint density at radius 3 is 2.95 bits per heavy atom. The van der Waals surface area contributed by atoms with Crippen molar-refractivity contribution in [3.05, 3.63) is 46.2 Å². The number of carbonyl (C=O) groups excluding carboxylic acids is 1. The van der Waals surface area contributed by atoms with Gasteiger partial charge in [0.2, 0.25) is 0 Å². The molecular weight excluding hydrogens is 286 g/mol. The van der Waals surface area contributed by atoms with Crippen LogP contribution in [0.5, 0.6) is 5.75 Å². The van der Waals surface area contributed by atoms with Gasteiger partial charge in [0.1, 0.15) is 16.7 Å². The van der Waals surface area contributed by atoms with Crippen LogP contribution in [0.4, 0.5) is 5.69 Å². The number of thiophene rings is 1. The fraction of sp³-hybridized carbons (Fsp3) is 0.200. The number of ether oxygens (including phenoxy) is 1. The van der Waals surface area contributed by atoms with E-state index >= 15 is 0 Å². The van der Waals surface area contributed by atoms with Gasteiger partial charge in [-0.05, 0) is 24.3 Å². The summed E-state index contributed by atoms with van der Waals surface area (Å²) in [6.07, 6.45) is 0. The Labute approximate surface area is 127 Å². The molecule has 0 unspecified atom stereocenters. The van der Waals surface area contributed by atoms with Crippen LogP contribution in [0.2, 0.25) is 0 Å². The maximum absolute atomic E-state index is 11.1. The van der Waals surface area contributed by atoms with Crippen molar-refractivity contribution in [2.75, 3.05) is 19.0 Å². The Morgan fingerprint density at radius 2 is 2.24 bits per heavy atom. The van der Waals surface area contributed by atoms with Gasteiger partial charge in [0.25, 0.3) is 5.91 Å². The average molecular weight is 301 g/mol. The molecule has 0 bridgehead atoms. The number of benzene rings is 1. The molecule has 0 fully saturated rings. The van der Waals surface area contributed by atoms with Gasteiger partial charge in [-0.2, -0.15) is 5.26 Å². The SMILES string of the molecule is CNC(=O)COc1cccc(NCc2ccc(C#N)s2)c1. The number of nitriles is 1. The second-order valence-electron chi connectivity index (χ2n) is 4.22. The van der Waals surface area contributed by atoms with Crippen LogP contribution >= 0.6 is 11.3 Å². The lowest BCUT2D eigenvalue weighted by atomic mass is 10.3. The third kappa shape index (κ3) is 4.51. The van der Waals surface area contributed by atoms with E-state index in [1.807, 2.05) is 30.3 Å². The molecule has 5 nitrogen and oxygen atoms in total. The molecular formula is C15H15N3O2S. The van der Waals surface area contributed by atoms with E-state index in [4.69, 9.17) is 10.00 Å². The minimum absolute atomic E-state index is 0.00356. The molecule has 0 aliphatic carbocycles. The first-order valence-corrected chi connectivity index (χ1v) is 7.19. The summed E-state index contributed by atoms with van der Waals surface area (Å²) in [6, 6.07) is 13.3. The largest absolute Gasteiger partial charge is 0.484 e. The Morgan fingerprint density at radius 1 is 1.38 bits per heavy atom. The number of anilines is 1. The van der Waals surface area contributed by atoms with Crippen molar-refractivity contribution < 1.29 is 9.53 Å². The zero-order chi connectivity index (χ0) is 15.1. The minimum Gasteiger partial charge on any atom is -0.484 e. The van der Waals surface area contributed by atoms with Crippen LogP contribution in [-0.4, -0.2) is 19.6 Å². The highest BCUT2D eigenvalue weighted by Gasteiger charge is 2.02. The topological polar surface area (TPSA) is 74.2 Å². The van der Waals surface area contributed by atoms with Gasteiger partial charge in [0.15, 0.2) is 6.61 Å². The molecule has 0 radical (unpaired) electrons. The quantitative estimate of drug-likeness (QED) is 0.859. The Bertz CT molecular complexity index is 661. The van der Waals surface area contributed by atoms with Crippen molar-refractivity contribution in [2.24, 2.45) is 0 Å². The summed E-state index contributed by atoms with van der Waals surface area (Å²) >= 11 is 1.47. The molecule has 0 saturated carbocycles. The Kier molecular flexibility index (Phi) is 5.18. The van der Waals surface area contributed by atoms with Gasteiger partial charge in [0.05, 0.1) is 0 Å². The first-order valence-electron chi connectivity index (χ1n) is 6.37. The number of carbonyl (C=O) groups is 1. The molecule has 0 spiro atoms. The molecule has 6 heteroatoms. The number of likely N-dealkylation sites (N-methyl/N-ethyl adjacent to an activating group) is 1. The van der Waals surface area contributed by atoms with Gasteiger partial charge in [-0.15, -0.1) is 11.3 Å². The van der Waals surface area contributed by atoms with Gasteiger partial charge in [-0.1, -0.05) is 6.07 Å². The molecule has 1 aromatic heterocycles. The average Bonchev–Trinajstić information content (AvgIpc) is 2.99. The lowest BCUT2D eigenvalue weighted by Gasteiger charge is -2.08. The smallest absolute Gasteiger partial charge is 0.257 e. The maximum atomic E-state index is 11.1.